The number of carbonyl (C=O) groups excluding carboxylic acids is 1. The molecule has 25 heavy (non-hydrogen) atoms. The number of benzene rings is 2. The number of carbonyl (C=O) groups is 1. The number of nitrogens with one attached hydrogen (secondary N) is 1. The van der Waals surface area contributed by atoms with Gasteiger partial charge >= 0.3 is 0 Å². The third-order valence-electron chi connectivity index (χ3n) is 4.00. The SMILES string of the molecule is CCN(CC)Cc1ccc(CNC(=O)COc2ccc(F)cc2)cc1. The van der Waals surface area contributed by atoms with Gasteiger partial charge in [-0.25, -0.2) is 4.39 Å². The minimum absolute atomic E-state index is 0.0916. The zero-order valence-corrected chi connectivity index (χ0v) is 14.8. The van der Waals surface area contributed by atoms with E-state index in [9.17, 15) is 9.18 Å². The van der Waals surface area contributed by atoms with Gasteiger partial charge < -0.3 is 10.1 Å². The zero-order valence-electron chi connectivity index (χ0n) is 14.8. The van der Waals surface area contributed by atoms with Crippen LogP contribution in [0.5, 0.6) is 5.75 Å². The molecular formula is C20H25FN2O2. The van der Waals surface area contributed by atoms with E-state index in [1.54, 1.807) is 0 Å². The van der Waals surface area contributed by atoms with Crippen LogP contribution in [0.1, 0.15) is 25.0 Å². The normalized spacial score (nSPS) is 10.7. The minimum atomic E-state index is -0.332. The van der Waals surface area contributed by atoms with Gasteiger partial charge in [0.05, 0.1) is 0 Å². The Kier molecular flexibility index (Phi) is 7.41. The molecule has 0 aromatic heterocycles. The quantitative estimate of drug-likeness (QED) is 0.758. The number of amides is 1. The lowest BCUT2D eigenvalue weighted by atomic mass is 10.1. The molecule has 0 fully saturated rings. The van der Waals surface area contributed by atoms with Gasteiger partial charge in [0.1, 0.15) is 11.6 Å². The van der Waals surface area contributed by atoms with Gasteiger partial charge in [0.2, 0.25) is 0 Å². The van der Waals surface area contributed by atoms with E-state index >= 15 is 0 Å². The van der Waals surface area contributed by atoms with Crippen LogP contribution < -0.4 is 10.1 Å². The summed E-state index contributed by atoms with van der Waals surface area (Å²) in [5.41, 5.74) is 2.30. The summed E-state index contributed by atoms with van der Waals surface area (Å²) in [7, 11) is 0. The Hall–Kier alpha value is -2.40. The molecule has 2 rings (SSSR count). The smallest absolute Gasteiger partial charge is 0.258 e. The molecular weight excluding hydrogens is 319 g/mol. The van der Waals surface area contributed by atoms with Crippen LogP contribution in [0, 0.1) is 5.82 Å². The molecule has 2 aromatic rings. The van der Waals surface area contributed by atoms with E-state index in [2.05, 4.69) is 36.2 Å². The largest absolute Gasteiger partial charge is 0.484 e. The fourth-order valence-corrected chi connectivity index (χ4v) is 2.40. The Morgan fingerprint density at radius 1 is 1.00 bits per heavy atom. The molecule has 0 unspecified atom stereocenters. The van der Waals surface area contributed by atoms with E-state index in [0.29, 0.717) is 12.3 Å². The molecule has 0 aliphatic rings. The number of halogens is 1. The number of hydrogen-bond acceptors (Lipinski definition) is 3. The maximum absolute atomic E-state index is 12.8. The van der Waals surface area contributed by atoms with Crippen molar-refractivity contribution in [2.75, 3.05) is 19.7 Å². The van der Waals surface area contributed by atoms with E-state index in [-0.39, 0.29) is 18.3 Å². The Bertz CT molecular complexity index is 652. The third kappa shape index (κ3) is 6.55. The van der Waals surface area contributed by atoms with Gasteiger partial charge in [-0.1, -0.05) is 38.1 Å². The molecule has 134 valence electrons. The first-order valence-corrected chi connectivity index (χ1v) is 8.56. The van der Waals surface area contributed by atoms with Gasteiger partial charge in [-0.2, -0.15) is 0 Å². The lowest BCUT2D eigenvalue weighted by Gasteiger charge is -2.18. The summed E-state index contributed by atoms with van der Waals surface area (Å²) < 4.78 is 18.1. The van der Waals surface area contributed by atoms with Crippen molar-refractivity contribution in [3.05, 3.63) is 65.5 Å². The Morgan fingerprint density at radius 3 is 2.20 bits per heavy atom. The summed E-state index contributed by atoms with van der Waals surface area (Å²) >= 11 is 0. The second-order valence-corrected chi connectivity index (χ2v) is 5.80. The molecule has 0 saturated heterocycles. The highest BCUT2D eigenvalue weighted by Gasteiger charge is 2.04. The molecule has 0 saturated carbocycles. The van der Waals surface area contributed by atoms with Gasteiger partial charge in [0.15, 0.2) is 6.61 Å². The molecule has 4 nitrogen and oxygen atoms in total. The molecule has 0 bridgehead atoms. The molecule has 1 N–H and O–H groups in total. The van der Waals surface area contributed by atoms with E-state index in [4.69, 9.17) is 4.74 Å². The highest BCUT2D eigenvalue weighted by atomic mass is 19.1. The lowest BCUT2D eigenvalue weighted by Crippen LogP contribution is -2.28. The fraction of sp³-hybridized carbons (Fsp3) is 0.350. The van der Waals surface area contributed by atoms with Crippen LogP contribution in [0.15, 0.2) is 48.5 Å². The van der Waals surface area contributed by atoms with Crippen LogP contribution in [0.3, 0.4) is 0 Å². The highest BCUT2D eigenvalue weighted by Crippen LogP contribution is 2.11. The Balaban J connectivity index is 1.74. The minimum Gasteiger partial charge on any atom is -0.484 e. The van der Waals surface area contributed by atoms with Crippen LogP contribution >= 0.6 is 0 Å². The second kappa shape index (κ2) is 9.79. The van der Waals surface area contributed by atoms with Gasteiger partial charge in [-0.05, 0) is 48.5 Å². The second-order valence-electron chi connectivity index (χ2n) is 5.80. The first kappa shape index (κ1) is 18.9. The van der Waals surface area contributed by atoms with Gasteiger partial charge in [-0.15, -0.1) is 0 Å². The van der Waals surface area contributed by atoms with E-state index < -0.39 is 0 Å². The van der Waals surface area contributed by atoms with Crippen molar-refractivity contribution in [2.24, 2.45) is 0 Å². The standard InChI is InChI=1S/C20H25FN2O2/c1-3-23(4-2)14-17-7-5-16(6-8-17)13-22-20(24)15-25-19-11-9-18(21)10-12-19/h5-12H,3-4,13-15H2,1-2H3,(H,22,24). The van der Waals surface area contributed by atoms with Crippen molar-refractivity contribution in [1.29, 1.82) is 0 Å². The predicted molar refractivity (Wildman–Crippen MR) is 96.8 cm³/mol. The number of rotatable bonds is 9. The lowest BCUT2D eigenvalue weighted by molar-refractivity contribution is -0.123. The topological polar surface area (TPSA) is 41.6 Å². The van der Waals surface area contributed by atoms with Gasteiger partial charge in [0, 0.05) is 13.1 Å². The van der Waals surface area contributed by atoms with Gasteiger partial charge in [-0.3, -0.25) is 9.69 Å². The molecule has 1 amide bonds. The zero-order chi connectivity index (χ0) is 18.1. The van der Waals surface area contributed by atoms with Crippen molar-refractivity contribution in [3.8, 4) is 5.75 Å². The summed E-state index contributed by atoms with van der Waals surface area (Å²) in [6, 6.07) is 13.8. The Morgan fingerprint density at radius 2 is 1.60 bits per heavy atom. The molecule has 0 aliphatic carbocycles. The fourth-order valence-electron chi connectivity index (χ4n) is 2.40. The summed E-state index contributed by atoms with van der Waals surface area (Å²) in [4.78, 5) is 14.2. The van der Waals surface area contributed by atoms with Crippen molar-refractivity contribution < 1.29 is 13.9 Å². The number of ether oxygens (including phenoxy) is 1. The number of hydrogen-bond donors (Lipinski definition) is 1. The van der Waals surface area contributed by atoms with Crippen LogP contribution in [0.25, 0.3) is 0 Å². The van der Waals surface area contributed by atoms with Crippen molar-refractivity contribution in [1.82, 2.24) is 10.2 Å². The van der Waals surface area contributed by atoms with Crippen LogP contribution in [0.2, 0.25) is 0 Å². The third-order valence-corrected chi connectivity index (χ3v) is 4.00. The van der Waals surface area contributed by atoms with Crippen LogP contribution in [0.4, 0.5) is 4.39 Å². The van der Waals surface area contributed by atoms with Crippen molar-refractivity contribution in [3.63, 3.8) is 0 Å². The monoisotopic (exact) mass is 344 g/mol. The highest BCUT2D eigenvalue weighted by molar-refractivity contribution is 5.77. The average Bonchev–Trinajstić information content (AvgIpc) is 2.65. The molecule has 0 spiro atoms. The maximum atomic E-state index is 12.8. The number of nitrogens with zero attached hydrogens (tertiary/aromatic N) is 1. The summed E-state index contributed by atoms with van der Waals surface area (Å²) in [6.45, 7) is 7.67. The molecule has 2 aromatic carbocycles. The molecule has 0 radical (unpaired) electrons. The van der Waals surface area contributed by atoms with E-state index in [0.717, 1.165) is 25.2 Å². The maximum Gasteiger partial charge on any atom is 0.258 e. The first-order valence-electron chi connectivity index (χ1n) is 8.56. The van der Waals surface area contributed by atoms with Gasteiger partial charge in [0.25, 0.3) is 5.91 Å². The molecule has 0 heterocycles. The average molecular weight is 344 g/mol. The van der Waals surface area contributed by atoms with E-state index in [1.807, 2.05) is 12.1 Å². The molecule has 0 atom stereocenters. The molecule has 0 aliphatic heterocycles. The van der Waals surface area contributed by atoms with Crippen LogP contribution in [-0.2, 0) is 17.9 Å². The van der Waals surface area contributed by atoms with Crippen molar-refractivity contribution >= 4 is 5.91 Å². The summed E-state index contributed by atoms with van der Waals surface area (Å²) in [5.74, 6) is -0.0740. The summed E-state index contributed by atoms with van der Waals surface area (Å²) in [5, 5.41) is 2.81. The van der Waals surface area contributed by atoms with Crippen molar-refractivity contribution in [2.45, 2.75) is 26.9 Å². The molecule has 5 heteroatoms. The van der Waals surface area contributed by atoms with E-state index in [1.165, 1.54) is 29.8 Å². The first-order chi connectivity index (χ1) is 12.1. The van der Waals surface area contributed by atoms with Crippen LogP contribution in [-0.4, -0.2) is 30.5 Å². The summed E-state index contributed by atoms with van der Waals surface area (Å²) in [6.07, 6.45) is 0. The predicted octanol–water partition coefficient (Wildman–Crippen LogP) is 3.36. The Labute approximate surface area is 148 Å².